The number of carbonyl (C=O) groups excluding carboxylic acids is 3. The minimum Gasteiger partial charge on any atom is -0.493 e. The van der Waals surface area contributed by atoms with Crippen LogP contribution >= 0.6 is 0 Å². The molecule has 11 nitrogen and oxygen atoms in total. The second kappa shape index (κ2) is 13.0. The summed E-state index contributed by atoms with van der Waals surface area (Å²) < 4.78 is 25.5. The topological polar surface area (TPSA) is 145 Å². The van der Waals surface area contributed by atoms with Crippen LogP contribution in [0.2, 0.25) is 0 Å². The summed E-state index contributed by atoms with van der Waals surface area (Å²) in [6, 6.07) is 11.2. The van der Waals surface area contributed by atoms with Crippen LogP contribution in [0.1, 0.15) is 15.9 Å². The Hall–Kier alpha value is -4.72. The molecule has 0 aliphatic rings. The lowest BCUT2D eigenvalue weighted by Gasteiger charge is -2.10. The highest BCUT2D eigenvalue weighted by Gasteiger charge is 2.12. The van der Waals surface area contributed by atoms with Gasteiger partial charge in [-0.25, -0.2) is 4.79 Å². The summed E-state index contributed by atoms with van der Waals surface area (Å²) in [6.07, 6.45) is 2.58. The molecule has 0 aromatic heterocycles. The molecular formula is C23H23N3O8. The third-order valence-electron chi connectivity index (χ3n) is 4.20. The van der Waals surface area contributed by atoms with Gasteiger partial charge in [-0.05, 0) is 42.0 Å². The van der Waals surface area contributed by atoms with E-state index < -0.39 is 24.4 Å². The number of carbonyl (C=O) groups is 3. The number of methoxy groups -OCH3 is 3. The normalized spacial score (nSPS) is 10.1. The Bertz CT molecular complexity index is 1110. The average Bonchev–Trinajstić information content (AvgIpc) is 2.87. The first-order valence-corrected chi connectivity index (χ1v) is 9.75. The van der Waals surface area contributed by atoms with Crippen molar-refractivity contribution >= 4 is 23.9 Å². The maximum atomic E-state index is 12.2. The largest absolute Gasteiger partial charge is 0.493 e. The van der Waals surface area contributed by atoms with Gasteiger partial charge in [0.05, 0.1) is 21.3 Å². The van der Waals surface area contributed by atoms with Crippen LogP contribution in [0.4, 0.5) is 0 Å². The zero-order valence-electron chi connectivity index (χ0n) is 18.7. The van der Waals surface area contributed by atoms with Crippen molar-refractivity contribution < 1.29 is 38.1 Å². The van der Waals surface area contributed by atoms with Gasteiger partial charge >= 0.3 is 5.97 Å². The van der Waals surface area contributed by atoms with E-state index in [2.05, 4.69) is 10.9 Å². The second-order valence-electron chi connectivity index (χ2n) is 6.37. The number of nitrogens with one attached hydrogen (secondary N) is 2. The Labute approximate surface area is 195 Å². The third kappa shape index (κ3) is 7.45. The first kappa shape index (κ1) is 25.5. The molecule has 0 fully saturated rings. The highest BCUT2D eigenvalue weighted by atomic mass is 16.5. The number of hydrogen-bond donors (Lipinski definition) is 2. The first-order chi connectivity index (χ1) is 16.4. The van der Waals surface area contributed by atoms with E-state index >= 15 is 0 Å². The maximum Gasteiger partial charge on any atom is 0.331 e. The molecule has 2 N–H and O–H groups in total. The maximum absolute atomic E-state index is 12.2. The van der Waals surface area contributed by atoms with Crippen LogP contribution < -0.4 is 29.8 Å². The number of benzene rings is 2. The molecule has 178 valence electrons. The molecular weight excluding hydrogens is 446 g/mol. The van der Waals surface area contributed by atoms with E-state index in [1.807, 2.05) is 6.07 Å². The molecule has 0 atom stereocenters. The fourth-order valence-corrected chi connectivity index (χ4v) is 2.58. The fraction of sp³-hybridized carbons (Fsp3) is 0.217. The second-order valence-corrected chi connectivity index (χ2v) is 6.37. The van der Waals surface area contributed by atoms with Crippen molar-refractivity contribution in [3.8, 4) is 29.1 Å². The monoisotopic (exact) mass is 469 g/mol. The summed E-state index contributed by atoms with van der Waals surface area (Å²) in [4.78, 5) is 35.9. The van der Waals surface area contributed by atoms with Crippen molar-refractivity contribution in [2.45, 2.75) is 0 Å². The van der Waals surface area contributed by atoms with Crippen molar-refractivity contribution in [3.05, 3.63) is 53.6 Å². The van der Waals surface area contributed by atoms with Gasteiger partial charge in [0.15, 0.2) is 36.2 Å². The number of nitrogens with zero attached hydrogens (tertiary/aromatic N) is 1. The molecule has 0 radical (unpaired) electrons. The van der Waals surface area contributed by atoms with Gasteiger partial charge in [-0.15, -0.1) is 0 Å². The van der Waals surface area contributed by atoms with Crippen LogP contribution in [0.5, 0.6) is 23.0 Å². The molecule has 11 heteroatoms. The molecule has 2 aromatic carbocycles. The summed E-state index contributed by atoms with van der Waals surface area (Å²) in [6.45, 7) is -0.742. The summed E-state index contributed by atoms with van der Waals surface area (Å²) >= 11 is 0. The van der Waals surface area contributed by atoms with Crippen molar-refractivity contribution in [2.24, 2.45) is 0 Å². The van der Waals surface area contributed by atoms with Gasteiger partial charge in [0.2, 0.25) is 0 Å². The Morgan fingerprint density at radius 2 is 1.59 bits per heavy atom. The van der Waals surface area contributed by atoms with Crippen molar-refractivity contribution in [1.29, 1.82) is 5.26 Å². The lowest BCUT2D eigenvalue weighted by atomic mass is 10.2. The Morgan fingerprint density at radius 1 is 0.912 bits per heavy atom. The number of hydrazine groups is 1. The first-order valence-electron chi connectivity index (χ1n) is 9.75. The molecule has 0 unspecified atom stereocenters. The van der Waals surface area contributed by atoms with Gasteiger partial charge in [0, 0.05) is 11.6 Å². The Morgan fingerprint density at radius 3 is 2.26 bits per heavy atom. The van der Waals surface area contributed by atoms with Crippen LogP contribution in [0.15, 0.2) is 42.5 Å². The predicted molar refractivity (Wildman–Crippen MR) is 119 cm³/mol. The van der Waals surface area contributed by atoms with E-state index in [0.717, 1.165) is 6.08 Å². The molecule has 2 amide bonds. The molecule has 0 saturated carbocycles. The molecule has 2 rings (SSSR count). The van der Waals surface area contributed by atoms with Gasteiger partial charge in [0.1, 0.15) is 6.07 Å². The number of esters is 1. The van der Waals surface area contributed by atoms with E-state index in [4.69, 9.17) is 28.9 Å². The highest BCUT2D eigenvalue weighted by molar-refractivity contribution is 5.96. The number of amides is 2. The molecule has 34 heavy (non-hydrogen) atoms. The van der Waals surface area contributed by atoms with E-state index in [-0.39, 0.29) is 12.2 Å². The van der Waals surface area contributed by atoms with Crippen LogP contribution in [0.3, 0.4) is 0 Å². The summed E-state index contributed by atoms with van der Waals surface area (Å²) in [5, 5.41) is 8.59. The molecule has 0 aliphatic carbocycles. The van der Waals surface area contributed by atoms with E-state index in [0.29, 0.717) is 28.6 Å². The van der Waals surface area contributed by atoms with Gasteiger partial charge in [-0.2, -0.15) is 5.26 Å². The third-order valence-corrected chi connectivity index (χ3v) is 4.20. The van der Waals surface area contributed by atoms with E-state index in [1.165, 1.54) is 39.5 Å². The Kier molecular flexibility index (Phi) is 9.74. The predicted octanol–water partition coefficient (Wildman–Crippen LogP) is 1.63. The zero-order valence-corrected chi connectivity index (χ0v) is 18.7. The van der Waals surface area contributed by atoms with E-state index in [1.54, 1.807) is 24.3 Å². The SMILES string of the molecule is COc1ccc(C(=O)NNC(=O)COC(=O)/C=C/c2ccc(OCC#N)c(OC)c2)cc1OC. The number of nitriles is 1. The van der Waals surface area contributed by atoms with Gasteiger partial charge < -0.3 is 23.7 Å². The van der Waals surface area contributed by atoms with Gasteiger partial charge in [-0.1, -0.05) is 6.07 Å². The summed E-state index contributed by atoms with van der Waals surface area (Å²) in [7, 11) is 4.34. The Balaban J connectivity index is 1.83. The summed E-state index contributed by atoms with van der Waals surface area (Å²) in [5.41, 5.74) is 5.18. The fourth-order valence-electron chi connectivity index (χ4n) is 2.58. The summed E-state index contributed by atoms with van der Waals surface area (Å²) in [5.74, 6) is -0.544. The molecule has 0 aliphatic heterocycles. The molecule has 0 bridgehead atoms. The number of rotatable bonds is 10. The number of hydrogen-bond acceptors (Lipinski definition) is 9. The van der Waals surface area contributed by atoms with Gasteiger partial charge in [-0.3, -0.25) is 20.4 Å². The molecule has 0 saturated heterocycles. The van der Waals surface area contributed by atoms with Crippen molar-refractivity contribution in [3.63, 3.8) is 0 Å². The minimum atomic E-state index is -0.773. The van der Waals surface area contributed by atoms with Gasteiger partial charge in [0.25, 0.3) is 11.8 Å². The smallest absolute Gasteiger partial charge is 0.331 e. The number of ether oxygens (including phenoxy) is 5. The van der Waals surface area contributed by atoms with Crippen LogP contribution in [-0.2, 0) is 14.3 Å². The van der Waals surface area contributed by atoms with Crippen LogP contribution in [0, 0.1) is 11.3 Å². The quantitative estimate of drug-likeness (QED) is 0.301. The molecule has 2 aromatic rings. The minimum absolute atomic E-state index is 0.130. The lowest BCUT2D eigenvalue weighted by Crippen LogP contribution is -2.43. The highest BCUT2D eigenvalue weighted by Crippen LogP contribution is 2.29. The molecule has 0 spiro atoms. The van der Waals surface area contributed by atoms with E-state index in [9.17, 15) is 14.4 Å². The standard InChI is InChI=1S/C23H23N3O8/c1-30-17-8-6-16(13-20(17)32-3)23(29)26-25-21(27)14-34-22(28)9-5-15-4-7-18(33-11-10-24)19(12-15)31-2/h4-9,12-13H,11,14H2,1-3H3,(H,25,27)(H,26,29)/b9-5+. The van der Waals surface area contributed by atoms with Crippen LogP contribution in [0.25, 0.3) is 6.08 Å². The van der Waals surface area contributed by atoms with Crippen LogP contribution in [-0.4, -0.2) is 52.3 Å². The van der Waals surface area contributed by atoms with Crippen molar-refractivity contribution in [2.75, 3.05) is 34.5 Å². The lowest BCUT2D eigenvalue weighted by molar-refractivity contribution is -0.144. The zero-order chi connectivity index (χ0) is 24.9. The molecule has 0 heterocycles. The average molecular weight is 469 g/mol. The van der Waals surface area contributed by atoms with Crippen molar-refractivity contribution in [1.82, 2.24) is 10.9 Å².